The summed E-state index contributed by atoms with van der Waals surface area (Å²) in [7, 11) is 0. The van der Waals surface area contributed by atoms with Crippen LogP contribution in [0.5, 0.6) is 11.5 Å². The number of nitrogens with two attached hydrogens (primary N) is 2. The molecule has 2 aliphatic heterocycles. The molecule has 15 heteroatoms. The number of fused-ring (bicyclic) bond motifs is 2. The van der Waals surface area contributed by atoms with E-state index in [2.05, 4.69) is 26.5 Å². The van der Waals surface area contributed by atoms with Crippen LogP contribution in [-0.2, 0) is 9.47 Å². The molecule has 0 aromatic heterocycles. The molecule has 4 rings (SSSR count). The number of amides is 2. The first-order chi connectivity index (χ1) is 19.7. The summed E-state index contributed by atoms with van der Waals surface area (Å²) in [5.41, 5.74) is 7.22. The van der Waals surface area contributed by atoms with Crippen LogP contribution in [0.2, 0.25) is 0 Å². The molecule has 14 nitrogen and oxygen atoms in total. The second-order valence-electron chi connectivity index (χ2n) is 11.1. The number of nitrogens with one attached hydrogen (secondary N) is 2. The van der Waals surface area contributed by atoms with Gasteiger partial charge in [0.15, 0.2) is 11.5 Å². The maximum absolute atomic E-state index is 11.8. The Morgan fingerprint density at radius 1 is 0.907 bits per heavy atom. The molecule has 2 amide bonds. The van der Waals surface area contributed by atoms with Crippen LogP contribution in [0.1, 0.15) is 70.3 Å². The van der Waals surface area contributed by atoms with Gasteiger partial charge < -0.3 is 45.7 Å². The number of carbonyl (C=O) groups is 2. The summed E-state index contributed by atoms with van der Waals surface area (Å²) < 4.78 is 21.4. The zero-order valence-electron chi connectivity index (χ0n) is 24.8. The third-order valence-corrected chi connectivity index (χ3v) is 5.49. The van der Waals surface area contributed by atoms with E-state index in [1.807, 2.05) is 20.8 Å². The SMILES string of the molecule is CC(C)(C)OC(=O)N[C@@H]1COc2cc(C(N)=NO)ccc21.Cl.NO.[C-]#[N+]c1ccc2c(c1)OC[C@H]2NC(=O)OC(C)(C)C. The molecule has 0 unspecified atom stereocenters. The zero-order chi connectivity index (χ0) is 31.7. The Morgan fingerprint density at radius 3 is 1.77 bits per heavy atom. The van der Waals surface area contributed by atoms with Gasteiger partial charge in [0.25, 0.3) is 0 Å². The molecular formula is C28H39ClN6O8. The number of oxime groups is 1. The minimum Gasteiger partial charge on any atom is -0.492 e. The Morgan fingerprint density at radius 2 is 1.35 bits per heavy atom. The van der Waals surface area contributed by atoms with Gasteiger partial charge >= 0.3 is 12.2 Å². The summed E-state index contributed by atoms with van der Waals surface area (Å²) in [4.78, 5) is 26.8. The molecule has 0 saturated heterocycles. The lowest BCUT2D eigenvalue weighted by Crippen LogP contribution is -2.35. The molecule has 2 atom stereocenters. The predicted octanol–water partition coefficient (Wildman–Crippen LogP) is 4.69. The summed E-state index contributed by atoms with van der Waals surface area (Å²) in [6, 6.07) is 9.83. The van der Waals surface area contributed by atoms with E-state index in [0.717, 1.165) is 11.1 Å². The van der Waals surface area contributed by atoms with Gasteiger partial charge in [-0.15, -0.1) is 12.4 Å². The van der Waals surface area contributed by atoms with Crippen molar-refractivity contribution >= 4 is 36.1 Å². The molecule has 0 saturated carbocycles. The Kier molecular flexibility index (Phi) is 13.3. The molecular weight excluding hydrogens is 584 g/mol. The van der Waals surface area contributed by atoms with E-state index >= 15 is 0 Å². The highest BCUT2D eigenvalue weighted by Crippen LogP contribution is 2.36. The van der Waals surface area contributed by atoms with Gasteiger partial charge in [-0.25, -0.2) is 20.3 Å². The van der Waals surface area contributed by atoms with Crippen molar-refractivity contribution in [3.63, 3.8) is 0 Å². The lowest BCUT2D eigenvalue weighted by molar-refractivity contribution is 0.0485. The molecule has 2 heterocycles. The fourth-order valence-corrected chi connectivity index (χ4v) is 3.83. The molecule has 0 fully saturated rings. The fourth-order valence-electron chi connectivity index (χ4n) is 3.83. The summed E-state index contributed by atoms with van der Waals surface area (Å²) in [5.74, 6) is 4.75. The molecule has 8 N–H and O–H groups in total. The van der Waals surface area contributed by atoms with E-state index in [9.17, 15) is 9.59 Å². The lowest BCUT2D eigenvalue weighted by Gasteiger charge is -2.21. The maximum Gasteiger partial charge on any atom is 0.408 e. The highest BCUT2D eigenvalue weighted by atomic mass is 35.5. The topological polar surface area (TPSA) is 204 Å². The number of alkyl carbamates (subject to hydrolysis) is 2. The summed E-state index contributed by atoms with van der Waals surface area (Å²) in [6.45, 7) is 18.5. The van der Waals surface area contributed by atoms with Gasteiger partial charge in [-0.05, 0) is 53.7 Å². The molecule has 0 radical (unpaired) electrons. The molecule has 43 heavy (non-hydrogen) atoms. The van der Waals surface area contributed by atoms with E-state index in [-0.39, 0.29) is 30.3 Å². The first-order valence-electron chi connectivity index (χ1n) is 12.8. The monoisotopic (exact) mass is 622 g/mol. The number of hydrogen-bond donors (Lipinski definition) is 6. The van der Waals surface area contributed by atoms with Gasteiger partial charge in [0.05, 0.1) is 18.7 Å². The van der Waals surface area contributed by atoms with Gasteiger partial charge in [-0.2, -0.15) is 0 Å². The summed E-state index contributed by atoms with van der Waals surface area (Å²) in [5, 5.41) is 23.6. The minimum atomic E-state index is -0.553. The number of hydrogen-bond acceptors (Lipinski definition) is 10. The second kappa shape index (κ2) is 15.7. The number of rotatable bonds is 3. The Hall–Kier alpha value is -4.45. The van der Waals surface area contributed by atoms with Crippen molar-refractivity contribution in [1.29, 1.82) is 0 Å². The zero-order valence-corrected chi connectivity index (χ0v) is 25.7. The van der Waals surface area contributed by atoms with Crippen molar-refractivity contribution in [3.05, 3.63) is 64.5 Å². The van der Waals surface area contributed by atoms with Gasteiger partial charge in [0.1, 0.15) is 35.9 Å². The number of nitrogens with zero attached hydrogens (tertiary/aromatic N) is 2. The fraction of sp³-hybridized carbons (Fsp3) is 0.429. The highest BCUT2D eigenvalue weighted by molar-refractivity contribution is 5.97. The van der Waals surface area contributed by atoms with E-state index in [4.69, 9.17) is 41.7 Å². The van der Waals surface area contributed by atoms with Crippen molar-refractivity contribution in [2.75, 3.05) is 13.2 Å². The minimum absolute atomic E-state index is 0. The van der Waals surface area contributed by atoms with Crippen molar-refractivity contribution in [2.45, 2.75) is 64.8 Å². The number of halogens is 1. The van der Waals surface area contributed by atoms with E-state index < -0.39 is 23.4 Å². The maximum atomic E-state index is 11.8. The van der Waals surface area contributed by atoms with Crippen LogP contribution < -0.4 is 31.7 Å². The van der Waals surface area contributed by atoms with Gasteiger partial charge in [0.2, 0.25) is 0 Å². The Balaban J connectivity index is 0.000000399. The molecule has 2 aliphatic rings. The van der Waals surface area contributed by atoms with Crippen LogP contribution in [0.4, 0.5) is 15.3 Å². The van der Waals surface area contributed by atoms with Crippen LogP contribution in [0, 0.1) is 6.57 Å². The standard InChI is InChI=1S/C14H19N3O4.C14H16N2O3.ClH.H3NO/c1-14(2,3)21-13(18)16-10-7-20-11-6-8(12(15)17-19)4-5-9(10)11;1-14(2,3)19-13(17)16-11-8-18-12-7-9(15-4)5-6-10(11)12;;1-2/h4-6,10,19H,7H2,1-3H3,(H2,15,17)(H,16,18);5-7,11H,8H2,1-3H3,(H,16,17);1H;2H,1H2/t10-;11-;;/m11../s1. The number of amidine groups is 1. The average Bonchev–Trinajstić information content (AvgIpc) is 3.50. The van der Waals surface area contributed by atoms with Crippen molar-refractivity contribution in [2.24, 2.45) is 16.8 Å². The molecule has 0 spiro atoms. The van der Waals surface area contributed by atoms with E-state index in [0.29, 0.717) is 36.0 Å². The number of carbonyl (C=O) groups excluding carboxylic acids is 2. The molecule has 0 aliphatic carbocycles. The van der Waals surface area contributed by atoms with Crippen LogP contribution in [0.3, 0.4) is 0 Å². The normalized spacial score (nSPS) is 16.4. The molecule has 2 aromatic carbocycles. The number of ether oxygens (including phenoxy) is 4. The van der Waals surface area contributed by atoms with Crippen molar-refractivity contribution in [1.82, 2.24) is 10.6 Å². The van der Waals surface area contributed by atoms with Crippen LogP contribution >= 0.6 is 12.4 Å². The average molecular weight is 623 g/mol. The third kappa shape index (κ3) is 11.0. The van der Waals surface area contributed by atoms with E-state index in [1.165, 1.54) is 0 Å². The first-order valence-corrected chi connectivity index (χ1v) is 12.8. The second-order valence-corrected chi connectivity index (χ2v) is 11.1. The Bertz CT molecular complexity index is 1330. The Labute approximate surface area is 256 Å². The van der Waals surface area contributed by atoms with Gasteiger partial charge in [-0.3, -0.25) is 0 Å². The third-order valence-electron chi connectivity index (χ3n) is 5.49. The molecule has 236 valence electrons. The molecule has 0 bridgehead atoms. The summed E-state index contributed by atoms with van der Waals surface area (Å²) >= 11 is 0. The molecule has 2 aromatic rings. The number of benzene rings is 2. The first kappa shape index (κ1) is 36.6. The quantitative estimate of drug-likeness (QED) is 0.0915. The van der Waals surface area contributed by atoms with Gasteiger partial charge in [0, 0.05) is 16.7 Å². The predicted molar refractivity (Wildman–Crippen MR) is 160 cm³/mol. The summed E-state index contributed by atoms with van der Waals surface area (Å²) in [6.07, 6.45) is -0.965. The lowest BCUT2D eigenvalue weighted by atomic mass is 10.1. The highest BCUT2D eigenvalue weighted by Gasteiger charge is 2.29. The van der Waals surface area contributed by atoms with Crippen LogP contribution in [-0.4, -0.2) is 52.9 Å². The van der Waals surface area contributed by atoms with Crippen LogP contribution in [0.25, 0.3) is 4.85 Å². The van der Waals surface area contributed by atoms with Crippen molar-refractivity contribution in [3.8, 4) is 11.5 Å². The smallest absolute Gasteiger partial charge is 0.408 e. The van der Waals surface area contributed by atoms with E-state index in [1.54, 1.807) is 57.2 Å². The largest absolute Gasteiger partial charge is 0.492 e. The van der Waals surface area contributed by atoms with Gasteiger partial charge in [-0.1, -0.05) is 29.4 Å². The van der Waals surface area contributed by atoms with Crippen LogP contribution in [0.15, 0.2) is 41.6 Å². The van der Waals surface area contributed by atoms with Crippen molar-refractivity contribution < 1.29 is 39.0 Å².